The number of hydrogen-bond donors (Lipinski definition) is 0. The van der Waals surface area contributed by atoms with E-state index in [4.69, 9.17) is 0 Å². The van der Waals surface area contributed by atoms with Gasteiger partial charge in [-0.3, -0.25) is 9.69 Å². The molecule has 1 heterocycles. The Morgan fingerprint density at radius 1 is 1.19 bits per heavy atom. The first-order valence-electron chi connectivity index (χ1n) is 8.16. The average Bonchev–Trinajstić information content (AvgIpc) is 3.16. The second-order valence-corrected chi connectivity index (χ2v) is 6.73. The second-order valence-electron chi connectivity index (χ2n) is 5.78. The van der Waals surface area contributed by atoms with Crippen molar-refractivity contribution in [2.45, 2.75) is 13.1 Å². The smallest absolute Gasteiger partial charge is 0.260 e. The molecule has 132 valence electrons. The molecule has 26 heavy (non-hydrogen) atoms. The summed E-state index contributed by atoms with van der Waals surface area (Å²) in [6, 6.07) is 16.5. The average molecular weight is 367 g/mol. The first-order chi connectivity index (χ1) is 12.6. The molecule has 3 rings (SSSR count). The van der Waals surface area contributed by atoms with Gasteiger partial charge in [-0.2, -0.15) is 0 Å². The molecule has 1 aromatic heterocycles. The molecule has 0 bridgehead atoms. The van der Waals surface area contributed by atoms with Crippen LogP contribution in [-0.4, -0.2) is 28.8 Å². The number of alkyl halides is 1. The summed E-state index contributed by atoms with van der Waals surface area (Å²) in [5, 5.41) is 9.35. The summed E-state index contributed by atoms with van der Waals surface area (Å²) in [6.45, 7) is 5.08. The van der Waals surface area contributed by atoms with Crippen LogP contribution in [0, 0.1) is 0 Å². The lowest BCUT2D eigenvalue weighted by Crippen LogP contribution is -2.35. The Kier molecular flexibility index (Phi) is 5.53. The Labute approximate surface area is 155 Å². The summed E-state index contributed by atoms with van der Waals surface area (Å²) in [6.07, 6.45) is 0.583. The van der Waals surface area contributed by atoms with E-state index in [-0.39, 0.29) is 12.5 Å². The molecule has 0 radical (unpaired) electrons. The van der Waals surface area contributed by atoms with E-state index in [0.717, 1.165) is 11.1 Å². The molecule has 0 aliphatic carbocycles. The lowest BCUT2D eigenvalue weighted by molar-refractivity contribution is 0.0980. The summed E-state index contributed by atoms with van der Waals surface area (Å²) >= 11 is 1.26. The van der Waals surface area contributed by atoms with Gasteiger partial charge in [0.1, 0.15) is 11.2 Å². The van der Waals surface area contributed by atoms with Crippen molar-refractivity contribution in [2.24, 2.45) is 0 Å². The van der Waals surface area contributed by atoms with Crippen molar-refractivity contribution < 1.29 is 9.18 Å². The van der Waals surface area contributed by atoms with Gasteiger partial charge in [0, 0.05) is 11.1 Å². The van der Waals surface area contributed by atoms with E-state index >= 15 is 0 Å². The standard InChI is InChI=1S/C20H18FN3OS/c1-3-15-9-11-16(12-10-15)18-22-23-20(26-18)24(13-14(2)21)19(25)17-7-5-4-6-8-17/h3-12,14H,1,13H2,2H3. The Bertz CT molecular complexity index is 891. The van der Waals surface area contributed by atoms with Crippen molar-refractivity contribution >= 4 is 28.5 Å². The van der Waals surface area contributed by atoms with Crippen LogP contribution in [-0.2, 0) is 0 Å². The first kappa shape index (κ1) is 17.9. The number of benzene rings is 2. The maximum absolute atomic E-state index is 13.7. The van der Waals surface area contributed by atoms with Gasteiger partial charge in [-0.15, -0.1) is 10.2 Å². The minimum absolute atomic E-state index is 0.0717. The van der Waals surface area contributed by atoms with Gasteiger partial charge in [0.25, 0.3) is 5.91 Å². The largest absolute Gasteiger partial charge is 0.280 e. The molecule has 4 nitrogen and oxygen atoms in total. The molecule has 0 spiro atoms. The normalized spacial score (nSPS) is 11.8. The van der Waals surface area contributed by atoms with Crippen LogP contribution in [0.15, 0.2) is 61.2 Å². The van der Waals surface area contributed by atoms with Crippen molar-refractivity contribution in [1.82, 2.24) is 10.2 Å². The first-order valence-corrected chi connectivity index (χ1v) is 8.97. The Morgan fingerprint density at radius 2 is 1.88 bits per heavy atom. The van der Waals surface area contributed by atoms with E-state index in [1.807, 2.05) is 30.3 Å². The van der Waals surface area contributed by atoms with Gasteiger partial charge >= 0.3 is 0 Å². The van der Waals surface area contributed by atoms with Crippen LogP contribution in [0.2, 0.25) is 0 Å². The van der Waals surface area contributed by atoms with Gasteiger partial charge in [0.05, 0.1) is 6.54 Å². The molecule has 0 fully saturated rings. The Morgan fingerprint density at radius 3 is 2.50 bits per heavy atom. The molecule has 3 aromatic rings. The molecule has 0 saturated carbocycles. The van der Waals surface area contributed by atoms with Gasteiger partial charge in [-0.1, -0.05) is 66.5 Å². The van der Waals surface area contributed by atoms with E-state index in [1.54, 1.807) is 30.3 Å². The van der Waals surface area contributed by atoms with Crippen LogP contribution in [0.25, 0.3) is 16.6 Å². The number of carbonyl (C=O) groups excluding carboxylic acids is 1. The third kappa shape index (κ3) is 4.03. The Balaban J connectivity index is 1.91. The zero-order chi connectivity index (χ0) is 18.5. The number of rotatable bonds is 6. The van der Waals surface area contributed by atoms with E-state index < -0.39 is 6.17 Å². The molecule has 0 aliphatic rings. The van der Waals surface area contributed by atoms with Crippen LogP contribution < -0.4 is 4.90 Å². The fourth-order valence-electron chi connectivity index (χ4n) is 2.44. The lowest BCUT2D eigenvalue weighted by atomic mass is 10.1. The predicted molar refractivity (Wildman–Crippen MR) is 104 cm³/mol. The quantitative estimate of drug-likeness (QED) is 0.625. The fraction of sp³-hybridized carbons (Fsp3) is 0.150. The van der Waals surface area contributed by atoms with Crippen molar-refractivity contribution in [2.75, 3.05) is 11.4 Å². The number of anilines is 1. The predicted octanol–water partition coefficient (Wildman–Crippen LogP) is 4.85. The zero-order valence-electron chi connectivity index (χ0n) is 14.3. The van der Waals surface area contributed by atoms with Crippen LogP contribution in [0.4, 0.5) is 9.52 Å². The summed E-state index contributed by atoms with van der Waals surface area (Å²) in [5.74, 6) is -0.292. The van der Waals surface area contributed by atoms with E-state index in [2.05, 4.69) is 16.8 Å². The fourth-order valence-corrected chi connectivity index (χ4v) is 3.30. The second kappa shape index (κ2) is 8.01. The van der Waals surface area contributed by atoms with Gasteiger partial charge in [-0.25, -0.2) is 4.39 Å². The summed E-state index contributed by atoms with van der Waals surface area (Å²) < 4.78 is 13.7. The van der Waals surface area contributed by atoms with Crippen molar-refractivity contribution in [3.63, 3.8) is 0 Å². The molecule has 2 aromatic carbocycles. The number of hydrogen-bond acceptors (Lipinski definition) is 4. The van der Waals surface area contributed by atoms with Crippen molar-refractivity contribution in [1.29, 1.82) is 0 Å². The molecule has 6 heteroatoms. The number of halogens is 1. The minimum Gasteiger partial charge on any atom is -0.280 e. The topological polar surface area (TPSA) is 46.1 Å². The van der Waals surface area contributed by atoms with Crippen molar-refractivity contribution in [3.8, 4) is 10.6 Å². The highest BCUT2D eigenvalue weighted by atomic mass is 32.1. The highest BCUT2D eigenvalue weighted by Gasteiger charge is 2.23. The van der Waals surface area contributed by atoms with E-state index in [9.17, 15) is 9.18 Å². The maximum atomic E-state index is 13.7. The number of nitrogens with zero attached hydrogens (tertiary/aromatic N) is 3. The molecule has 0 saturated heterocycles. The van der Waals surface area contributed by atoms with Gasteiger partial charge in [0.2, 0.25) is 5.13 Å². The molecular weight excluding hydrogens is 349 g/mol. The minimum atomic E-state index is -1.18. The van der Waals surface area contributed by atoms with Crippen LogP contribution in [0.1, 0.15) is 22.8 Å². The maximum Gasteiger partial charge on any atom is 0.260 e. The van der Waals surface area contributed by atoms with Crippen LogP contribution in [0.3, 0.4) is 0 Å². The number of carbonyl (C=O) groups is 1. The van der Waals surface area contributed by atoms with Gasteiger partial charge in [-0.05, 0) is 24.6 Å². The molecule has 0 aliphatic heterocycles. The van der Waals surface area contributed by atoms with Crippen LogP contribution >= 0.6 is 11.3 Å². The molecule has 0 N–H and O–H groups in total. The highest BCUT2D eigenvalue weighted by Crippen LogP contribution is 2.30. The number of aromatic nitrogens is 2. The lowest BCUT2D eigenvalue weighted by Gasteiger charge is -2.20. The zero-order valence-corrected chi connectivity index (χ0v) is 15.1. The number of amides is 1. The van der Waals surface area contributed by atoms with E-state index in [1.165, 1.54) is 23.2 Å². The highest BCUT2D eigenvalue weighted by molar-refractivity contribution is 7.18. The molecule has 1 atom stereocenters. The summed E-state index contributed by atoms with van der Waals surface area (Å²) in [7, 11) is 0. The third-order valence-corrected chi connectivity index (χ3v) is 4.73. The van der Waals surface area contributed by atoms with Crippen molar-refractivity contribution in [3.05, 3.63) is 72.3 Å². The van der Waals surface area contributed by atoms with Gasteiger partial charge < -0.3 is 0 Å². The van der Waals surface area contributed by atoms with Crippen LogP contribution in [0.5, 0.6) is 0 Å². The monoisotopic (exact) mass is 367 g/mol. The Hall–Kier alpha value is -2.86. The summed E-state index contributed by atoms with van der Waals surface area (Å²) in [5.41, 5.74) is 2.38. The molecular formula is C20H18FN3OS. The van der Waals surface area contributed by atoms with Gasteiger partial charge in [0.15, 0.2) is 0 Å². The van der Waals surface area contributed by atoms with E-state index in [0.29, 0.717) is 15.7 Å². The summed E-state index contributed by atoms with van der Waals surface area (Å²) in [4.78, 5) is 14.1. The third-order valence-electron chi connectivity index (χ3n) is 3.74. The molecule has 1 amide bonds. The SMILES string of the molecule is C=Cc1ccc(-c2nnc(N(CC(C)F)C(=O)c3ccccc3)s2)cc1. The molecule has 1 unspecified atom stereocenters.